The van der Waals surface area contributed by atoms with E-state index >= 15 is 0 Å². The highest BCUT2D eigenvalue weighted by Crippen LogP contribution is 2.29. The van der Waals surface area contributed by atoms with E-state index in [1.54, 1.807) is 25.1 Å². The average Bonchev–Trinajstić information content (AvgIpc) is 3.61. The maximum Gasteiger partial charge on any atom is 0.412 e. The largest absolute Gasteiger partial charge is 0.466 e. The number of sulfonamides is 1. The number of esters is 1. The van der Waals surface area contributed by atoms with E-state index in [0.29, 0.717) is 28.0 Å². The van der Waals surface area contributed by atoms with E-state index in [-0.39, 0.29) is 49.4 Å². The van der Waals surface area contributed by atoms with Crippen LogP contribution in [0.5, 0.6) is 0 Å². The van der Waals surface area contributed by atoms with Gasteiger partial charge in [0.25, 0.3) is 15.9 Å². The number of piperazine rings is 1. The van der Waals surface area contributed by atoms with Crippen LogP contribution in [0.4, 0.5) is 4.79 Å². The third kappa shape index (κ3) is 6.41. The van der Waals surface area contributed by atoms with Gasteiger partial charge in [-0.15, -0.1) is 11.3 Å². The summed E-state index contributed by atoms with van der Waals surface area (Å²) in [5, 5.41) is 11.2. The van der Waals surface area contributed by atoms with Crippen LogP contribution < -0.4 is 5.32 Å². The molecule has 1 unspecified atom stereocenters. The third-order valence-electron chi connectivity index (χ3n) is 7.44. The first-order chi connectivity index (χ1) is 20.5. The molecular formula is C27H33N7O7S2. The van der Waals surface area contributed by atoms with Crippen molar-refractivity contribution in [3.8, 4) is 0 Å². The summed E-state index contributed by atoms with van der Waals surface area (Å²) in [7, 11) is -0.859. The lowest BCUT2D eigenvalue weighted by Gasteiger charge is -2.39. The number of rotatable bonds is 7. The molecule has 16 heteroatoms. The fourth-order valence-corrected chi connectivity index (χ4v) is 7.82. The zero-order valence-corrected chi connectivity index (χ0v) is 25.6. The summed E-state index contributed by atoms with van der Waals surface area (Å²) in [4.78, 5) is 49.9. The van der Waals surface area contributed by atoms with E-state index in [1.165, 1.54) is 33.7 Å². The van der Waals surface area contributed by atoms with Crippen LogP contribution in [0.3, 0.4) is 0 Å². The van der Waals surface area contributed by atoms with Crippen molar-refractivity contribution in [1.82, 2.24) is 29.4 Å². The van der Waals surface area contributed by atoms with Gasteiger partial charge in [-0.25, -0.2) is 18.2 Å². The first-order valence-corrected chi connectivity index (χ1v) is 16.0. The quantitative estimate of drug-likeness (QED) is 0.199. The summed E-state index contributed by atoms with van der Waals surface area (Å²) in [6.07, 6.45) is -0.204. The predicted octanol–water partition coefficient (Wildman–Crippen LogP) is 1.76. The number of alkyl carbamates (subject to hydrolysis) is 1. The van der Waals surface area contributed by atoms with E-state index in [9.17, 15) is 22.8 Å². The predicted molar refractivity (Wildman–Crippen MR) is 158 cm³/mol. The zero-order valence-electron chi connectivity index (χ0n) is 24.0. The number of hydrogen-bond acceptors (Lipinski definition) is 11. The number of thiazole rings is 1. The molecule has 0 aliphatic carbocycles. The molecule has 3 N–H and O–H groups in total. The van der Waals surface area contributed by atoms with Crippen molar-refractivity contribution in [3.05, 3.63) is 45.4 Å². The van der Waals surface area contributed by atoms with Gasteiger partial charge in [0.15, 0.2) is 5.01 Å². The van der Waals surface area contributed by atoms with Gasteiger partial charge in [0.2, 0.25) is 0 Å². The smallest absolute Gasteiger partial charge is 0.412 e. The summed E-state index contributed by atoms with van der Waals surface area (Å²) >= 11 is 1.34. The third-order valence-corrected chi connectivity index (χ3v) is 10.3. The number of amidine groups is 1. The molecule has 1 saturated heterocycles. The Morgan fingerprint density at radius 1 is 1.21 bits per heavy atom. The molecule has 3 aromatic rings. The molecule has 2 aliphatic rings. The van der Waals surface area contributed by atoms with Crippen molar-refractivity contribution < 1.29 is 32.3 Å². The Morgan fingerprint density at radius 2 is 2.00 bits per heavy atom. The first kappa shape index (κ1) is 30.6. The molecule has 43 heavy (non-hydrogen) atoms. The van der Waals surface area contributed by atoms with Gasteiger partial charge in [-0.05, 0) is 26.1 Å². The van der Waals surface area contributed by atoms with Crippen molar-refractivity contribution in [1.29, 1.82) is 5.41 Å². The van der Waals surface area contributed by atoms with Crippen LogP contribution in [0.2, 0.25) is 0 Å². The average molecular weight is 632 g/mol. The molecule has 0 spiro atoms. The van der Waals surface area contributed by atoms with Crippen LogP contribution in [0, 0.1) is 5.41 Å². The van der Waals surface area contributed by atoms with Gasteiger partial charge < -0.3 is 24.3 Å². The Hall–Kier alpha value is -3.86. The van der Waals surface area contributed by atoms with Crippen molar-refractivity contribution >= 4 is 56.1 Å². The number of aromatic nitrogens is 2. The van der Waals surface area contributed by atoms with Gasteiger partial charge >= 0.3 is 12.1 Å². The molecule has 5 rings (SSSR count). The lowest BCUT2D eigenvalue weighted by Crippen LogP contribution is -2.57. The van der Waals surface area contributed by atoms with Crippen LogP contribution in [0.25, 0.3) is 10.9 Å². The Kier molecular flexibility index (Phi) is 8.82. The van der Waals surface area contributed by atoms with Crippen molar-refractivity contribution in [2.75, 3.05) is 46.9 Å². The second kappa shape index (κ2) is 12.4. The number of aromatic amines is 1. The monoisotopic (exact) mass is 631 g/mol. The van der Waals surface area contributed by atoms with Gasteiger partial charge in [-0.1, -0.05) is 12.1 Å². The van der Waals surface area contributed by atoms with Gasteiger partial charge in [-0.3, -0.25) is 20.3 Å². The van der Waals surface area contributed by atoms with E-state index in [2.05, 4.69) is 24.9 Å². The Morgan fingerprint density at radius 3 is 2.74 bits per heavy atom. The van der Waals surface area contributed by atoms with Crippen LogP contribution in [-0.4, -0.2) is 109 Å². The topological polar surface area (TPSA) is 178 Å². The fraction of sp³-hybridized carbons (Fsp3) is 0.444. The Balaban J connectivity index is 1.38. The summed E-state index contributed by atoms with van der Waals surface area (Å²) < 4.78 is 38.5. The van der Waals surface area contributed by atoms with Gasteiger partial charge in [0.05, 0.1) is 31.9 Å². The summed E-state index contributed by atoms with van der Waals surface area (Å²) in [6.45, 7) is 3.42. The highest BCUT2D eigenvalue weighted by atomic mass is 32.2. The highest BCUT2D eigenvalue weighted by molar-refractivity contribution is 7.89. The lowest BCUT2D eigenvalue weighted by molar-refractivity contribution is -0.144. The molecule has 230 valence electrons. The molecule has 14 nitrogen and oxygen atoms in total. The van der Waals surface area contributed by atoms with Crippen LogP contribution in [-0.2, 0) is 37.3 Å². The fourth-order valence-electron chi connectivity index (χ4n) is 5.20. The molecule has 1 atom stereocenters. The number of nitrogens with zero attached hydrogens (tertiary/aromatic N) is 4. The molecule has 2 aromatic heterocycles. The minimum absolute atomic E-state index is 0.0233. The maximum atomic E-state index is 13.8. The Bertz CT molecular complexity index is 1680. The first-order valence-electron chi connectivity index (χ1n) is 13.7. The molecule has 1 fully saturated rings. The minimum Gasteiger partial charge on any atom is -0.466 e. The molecule has 0 bridgehead atoms. The van der Waals surface area contributed by atoms with Crippen LogP contribution >= 0.6 is 11.3 Å². The number of ether oxygens (including phenoxy) is 2. The molecule has 0 saturated carbocycles. The standard InChI is InChI=1S/C27H33N7O7S2/c1-4-41-23(35)13-18-14-33(9-10-34(18)26(36)25-30-19-7-8-32(2)15-21(19)42-25)43(38,39)22-12-16-5-6-17(11-20(16)29-22)24(28)31-27(37)40-3/h5-6,11-12,18,29H,4,7-10,13-15H2,1-3H3,(H2,28,31,37). The Labute approximate surface area is 252 Å². The number of carbonyl (C=O) groups excluding carboxylic acids is 3. The number of fused-ring (bicyclic) bond motifs is 2. The molecule has 0 radical (unpaired) electrons. The number of amides is 2. The van der Waals surface area contributed by atoms with Crippen molar-refractivity contribution in [2.24, 2.45) is 0 Å². The molecular weight excluding hydrogens is 598 g/mol. The minimum atomic E-state index is -4.06. The second-order valence-corrected chi connectivity index (χ2v) is 13.3. The molecule has 2 aliphatic heterocycles. The van der Waals surface area contributed by atoms with E-state index in [1.807, 2.05) is 7.05 Å². The lowest BCUT2D eigenvalue weighted by atomic mass is 10.1. The van der Waals surface area contributed by atoms with E-state index < -0.39 is 28.1 Å². The maximum absolute atomic E-state index is 13.8. The second-order valence-electron chi connectivity index (χ2n) is 10.3. The summed E-state index contributed by atoms with van der Waals surface area (Å²) in [6, 6.07) is 5.51. The number of carbonyl (C=O) groups is 3. The molecule has 1 aromatic carbocycles. The van der Waals surface area contributed by atoms with Gasteiger partial charge in [0, 0.05) is 60.5 Å². The number of benzene rings is 1. The number of hydrogen-bond donors (Lipinski definition) is 3. The number of methoxy groups -OCH3 is 1. The summed E-state index contributed by atoms with van der Waals surface area (Å²) in [5.41, 5.74) is 1.70. The number of H-pyrrole nitrogens is 1. The van der Waals surface area contributed by atoms with Crippen LogP contribution in [0.1, 0.15) is 39.3 Å². The summed E-state index contributed by atoms with van der Waals surface area (Å²) in [5.74, 6) is -1.05. The normalized spacial score (nSPS) is 17.8. The van der Waals surface area contributed by atoms with E-state index in [4.69, 9.17) is 10.1 Å². The van der Waals surface area contributed by atoms with Crippen molar-refractivity contribution in [2.45, 2.75) is 37.4 Å². The SMILES string of the molecule is CCOC(=O)CC1CN(S(=O)(=O)c2cc3ccc(C(=N)NC(=O)OC)cc3[nH]2)CCN1C(=O)c1nc2c(s1)CN(C)CC2. The van der Waals surface area contributed by atoms with Gasteiger partial charge in [-0.2, -0.15) is 4.31 Å². The zero-order chi connectivity index (χ0) is 30.9. The number of nitrogens with one attached hydrogen (secondary N) is 3. The molecule has 4 heterocycles. The van der Waals surface area contributed by atoms with Crippen LogP contribution in [0.15, 0.2) is 29.3 Å². The van der Waals surface area contributed by atoms with E-state index in [0.717, 1.165) is 23.5 Å². The highest BCUT2D eigenvalue weighted by Gasteiger charge is 2.39. The van der Waals surface area contributed by atoms with Gasteiger partial charge in [0.1, 0.15) is 10.9 Å². The number of likely N-dealkylation sites (N-methyl/N-ethyl adjacent to an activating group) is 1. The van der Waals surface area contributed by atoms with Crippen molar-refractivity contribution in [3.63, 3.8) is 0 Å². The molecule has 2 amide bonds.